The standard InChI is InChI=1S/C13H19N3OS/c1-9(16-18(17)13(2,3)4)10-5-6-11-12(7-10)15-8-14-11/h5-9,16H,1-4H3,(H,14,15)/t9-,18?/m0/s1. The molecule has 0 fully saturated rings. The summed E-state index contributed by atoms with van der Waals surface area (Å²) < 4.78 is 14.9. The molecule has 5 heteroatoms. The van der Waals surface area contributed by atoms with Crippen LogP contribution in [0.5, 0.6) is 0 Å². The predicted molar refractivity (Wildman–Crippen MR) is 75.5 cm³/mol. The van der Waals surface area contributed by atoms with Crippen LogP contribution in [-0.4, -0.2) is 19.3 Å². The van der Waals surface area contributed by atoms with Gasteiger partial charge in [-0.25, -0.2) is 4.98 Å². The molecule has 2 aromatic rings. The van der Waals surface area contributed by atoms with E-state index in [0.29, 0.717) is 0 Å². The molecule has 0 aliphatic heterocycles. The Morgan fingerprint density at radius 1 is 1.39 bits per heavy atom. The second kappa shape index (κ2) is 4.91. The zero-order valence-electron chi connectivity index (χ0n) is 11.2. The highest BCUT2D eigenvalue weighted by Gasteiger charge is 2.28. The summed E-state index contributed by atoms with van der Waals surface area (Å²) in [5.41, 5.74) is 3.05. The molecular formula is C13H19N3OS. The van der Waals surface area contributed by atoms with Gasteiger partial charge in [-0.15, -0.1) is 4.72 Å². The Bertz CT molecular complexity index is 532. The first kappa shape index (κ1) is 13.4. The highest BCUT2D eigenvalue weighted by atomic mass is 32.2. The maximum absolute atomic E-state index is 12.0. The second-order valence-corrected chi connectivity index (χ2v) is 7.40. The first-order valence-corrected chi connectivity index (χ1v) is 7.14. The Labute approximate surface area is 111 Å². The maximum Gasteiger partial charge on any atom is 0.136 e. The molecule has 0 saturated carbocycles. The number of hydrogen-bond donors (Lipinski definition) is 2. The van der Waals surface area contributed by atoms with Gasteiger partial charge >= 0.3 is 0 Å². The Balaban J connectivity index is 2.15. The third-order valence-corrected chi connectivity index (χ3v) is 4.46. The van der Waals surface area contributed by atoms with E-state index in [2.05, 4.69) is 14.7 Å². The molecule has 0 aliphatic carbocycles. The molecule has 0 aliphatic rings. The van der Waals surface area contributed by atoms with E-state index in [0.717, 1.165) is 16.6 Å². The third-order valence-electron chi connectivity index (χ3n) is 2.78. The molecule has 4 nitrogen and oxygen atoms in total. The van der Waals surface area contributed by atoms with Crippen LogP contribution in [0.4, 0.5) is 0 Å². The van der Waals surface area contributed by atoms with E-state index in [4.69, 9.17) is 0 Å². The van der Waals surface area contributed by atoms with Crippen molar-refractivity contribution in [1.29, 1.82) is 0 Å². The molecule has 2 atom stereocenters. The van der Waals surface area contributed by atoms with Crippen LogP contribution < -0.4 is 4.72 Å². The third kappa shape index (κ3) is 2.85. The number of hydrogen-bond acceptors (Lipinski definition) is 3. The lowest BCUT2D eigenvalue weighted by atomic mass is 10.1. The zero-order valence-corrected chi connectivity index (χ0v) is 12.0. The number of benzene rings is 1. The number of H-pyrrole nitrogens is 1. The summed E-state index contributed by atoms with van der Waals surface area (Å²) in [5, 5.41) is 0. The number of nitrogens with zero attached hydrogens (tertiary/aromatic N) is 1. The molecule has 0 radical (unpaired) electrons. The highest BCUT2D eigenvalue weighted by Crippen LogP contribution is 2.21. The van der Waals surface area contributed by atoms with Gasteiger partial charge in [-0.2, -0.15) is 0 Å². The molecule has 0 spiro atoms. The summed E-state index contributed by atoms with van der Waals surface area (Å²) in [6, 6.07) is 6.07. The molecular weight excluding hydrogens is 246 g/mol. The fourth-order valence-corrected chi connectivity index (χ4v) is 2.44. The van der Waals surface area contributed by atoms with Crippen LogP contribution in [0.15, 0.2) is 24.5 Å². The number of nitrogens with one attached hydrogen (secondary N) is 2. The monoisotopic (exact) mass is 265 g/mol. The van der Waals surface area contributed by atoms with Gasteiger partial charge in [-0.05, 0) is 45.4 Å². The Kier molecular flexibility index (Phi) is 3.66. The normalized spacial score (nSPS) is 15.8. The van der Waals surface area contributed by atoms with E-state index >= 15 is 0 Å². The first-order chi connectivity index (χ1) is 8.38. The fraction of sp³-hybridized carbons (Fsp3) is 0.462. The summed E-state index contributed by atoms with van der Waals surface area (Å²) in [6.07, 6.45) is 1.68. The zero-order chi connectivity index (χ0) is 13.3. The largest absolute Gasteiger partial charge is 0.598 e. The molecule has 1 heterocycles. The van der Waals surface area contributed by atoms with Gasteiger partial charge in [0.25, 0.3) is 0 Å². The van der Waals surface area contributed by atoms with Gasteiger partial charge in [0.2, 0.25) is 0 Å². The molecule has 0 bridgehead atoms. The number of fused-ring (bicyclic) bond motifs is 1. The van der Waals surface area contributed by atoms with Crippen molar-refractivity contribution >= 4 is 22.4 Å². The van der Waals surface area contributed by atoms with Gasteiger partial charge in [0, 0.05) is 11.4 Å². The average molecular weight is 265 g/mol. The van der Waals surface area contributed by atoms with Crippen LogP contribution >= 0.6 is 0 Å². The Morgan fingerprint density at radius 2 is 2.11 bits per heavy atom. The van der Waals surface area contributed by atoms with Gasteiger partial charge in [-0.1, -0.05) is 6.07 Å². The minimum absolute atomic E-state index is 0.0396. The number of imidazole rings is 1. The minimum Gasteiger partial charge on any atom is -0.598 e. The number of aromatic amines is 1. The first-order valence-electron chi connectivity index (χ1n) is 5.99. The van der Waals surface area contributed by atoms with Gasteiger partial charge in [0.05, 0.1) is 23.4 Å². The van der Waals surface area contributed by atoms with Crippen molar-refractivity contribution in [3.8, 4) is 0 Å². The van der Waals surface area contributed by atoms with E-state index < -0.39 is 11.4 Å². The molecule has 0 saturated heterocycles. The average Bonchev–Trinajstić information content (AvgIpc) is 2.74. The van der Waals surface area contributed by atoms with Crippen molar-refractivity contribution < 1.29 is 4.55 Å². The van der Waals surface area contributed by atoms with E-state index in [-0.39, 0.29) is 10.8 Å². The Hall–Kier alpha value is -1.04. The van der Waals surface area contributed by atoms with Crippen molar-refractivity contribution in [3.63, 3.8) is 0 Å². The number of aromatic nitrogens is 2. The van der Waals surface area contributed by atoms with Gasteiger partial charge in [0.15, 0.2) is 0 Å². The summed E-state index contributed by atoms with van der Waals surface area (Å²) in [5.74, 6) is 0. The van der Waals surface area contributed by atoms with E-state index in [9.17, 15) is 4.55 Å². The van der Waals surface area contributed by atoms with Crippen LogP contribution in [0.25, 0.3) is 11.0 Å². The van der Waals surface area contributed by atoms with Crippen LogP contribution in [0, 0.1) is 0 Å². The summed E-state index contributed by atoms with van der Waals surface area (Å²) in [7, 11) is 0. The summed E-state index contributed by atoms with van der Waals surface area (Å²) >= 11 is -1.07. The van der Waals surface area contributed by atoms with Crippen molar-refractivity contribution in [2.75, 3.05) is 0 Å². The molecule has 1 aromatic carbocycles. The maximum atomic E-state index is 12.0. The summed E-state index contributed by atoms with van der Waals surface area (Å²) in [6.45, 7) is 7.89. The van der Waals surface area contributed by atoms with Gasteiger partial charge < -0.3 is 9.54 Å². The van der Waals surface area contributed by atoms with Crippen molar-refractivity contribution in [2.24, 2.45) is 0 Å². The lowest BCUT2D eigenvalue weighted by Gasteiger charge is -2.26. The second-order valence-electron chi connectivity index (χ2n) is 5.40. The van der Waals surface area contributed by atoms with E-state index in [1.807, 2.05) is 45.9 Å². The molecule has 1 unspecified atom stereocenters. The quantitative estimate of drug-likeness (QED) is 0.839. The molecule has 18 heavy (non-hydrogen) atoms. The van der Waals surface area contributed by atoms with Crippen LogP contribution in [0.3, 0.4) is 0 Å². The minimum atomic E-state index is -1.07. The molecule has 98 valence electrons. The van der Waals surface area contributed by atoms with Gasteiger partial charge in [-0.3, -0.25) is 0 Å². The van der Waals surface area contributed by atoms with E-state index in [1.165, 1.54) is 0 Å². The number of rotatable bonds is 3. The smallest absolute Gasteiger partial charge is 0.136 e. The highest BCUT2D eigenvalue weighted by molar-refractivity contribution is 7.90. The molecule has 1 aromatic heterocycles. The van der Waals surface area contributed by atoms with Crippen LogP contribution in [-0.2, 0) is 11.4 Å². The topological polar surface area (TPSA) is 63.8 Å². The lowest BCUT2D eigenvalue weighted by molar-refractivity contribution is 0.531. The summed E-state index contributed by atoms with van der Waals surface area (Å²) in [4.78, 5) is 7.27. The van der Waals surface area contributed by atoms with Crippen molar-refractivity contribution in [3.05, 3.63) is 30.1 Å². The fourth-order valence-electron chi connectivity index (χ4n) is 1.63. The molecule has 0 amide bonds. The molecule has 2 rings (SSSR count). The molecule has 2 N–H and O–H groups in total. The van der Waals surface area contributed by atoms with E-state index in [1.54, 1.807) is 6.33 Å². The SMILES string of the molecule is C[C@H](N[S+]([O-])C(C)(C)C)c1ccc2nc[nH]c2c1. The van der Waals surface area contributed by atoms with Crippen LogP contribution in [0.2, 0.25) is 0 Å². The van der Waals surface area contributed by atoms with Crippen molar-refractivity contribution in [2.45, 2.75) is 38.5 Å². The van der Waals surface area contributed by atoms with Crippen LogP contribution in [0.1, 0.15) is 39.3 Å². The lowest BCUT2D eigenvalue weighted by Crippen LogP contribution is -2.40. The van der Waals surface area contributed by atoms with Gasteiger partial charge in [0.1, 0.15) is 4.75 Å². The van der Waals surface area contributed by atoms with Crippen molar-refractivity contribution in [1.82, 2.24) is 14.7 Å². The Morgan fingerprint density at radius 3 is 2.78 bits per heavy atom. The predicted octanol–water partition coefficient (Wildman–Crippen LogP) is 2.68.